The molecule has 0 saturated carbocycles. The van der Waals surface area contributed by atoms with E-state index in [9.17, 15) is 9.59 Å². The standard InChI is InChI=1S/C15H21N3O2S.ClH/c1-21-9-6-12(16)15(20)17-7-8-18-13-5-3-2-4-11(13)10-14(18)19;/h2-5,12H,6-10,16H2,1H3,(H,17,20);1H/t12-;/m0./s1. The molecular formula is C15H22ClN3O2S. The van der Waals surface area contributed by atoms with E-state index in [2.05, 4.69) is 5.32 Å². The van der Waals surface area contributed by atoms with Crippen molar-refractivity contribution in [3.8, 4) is 0 Å². The Labute approximate surface area is 141 Å². The molecule has 1 aliphatic rings. The van der Waals surface area contributed by atoms with Crippen LogP contribution in [0.3, 0.4) is 0 Å². The van der Waals surface area contributed by atoms with Crippen LogP contribution < -0.4 is 16.0 Å². The third-order valence-corrected chi connectivity index (χ3v) is 4.17. The van der Waals surface area contributed by atoms with Crippen LogP contribution >= 0.6 is 24.2 Å². The Hall–Kier alpha value is -1.24. The number of nitrogens with two attached hydrogens (primary N) is 1. The second-order valence-corrected chi connectivity index (χ2v) is 6.02. The van der Waals surface area contributed by atoms with Gasteiger partial charge in [0.2, 0.25) is 11.8 Å². The number of nitrogens with zero attached hydrogens (tertiary/aromatic N) is 1. The summed E-state index contributed by atoms with van der Waals surface area (Å²) in [5.74, 6) is 0.799. The monoisotopic (exact) mass is 343 g/mol. The highest BCUT2D eigenvalue weighted by molar-refractivity contribution is 7.98. The maximum atomic E-state index is 12.0. The predicted molar refractivity (Wildman–Crippen MR) is 93.7 cm³/mol. The maximum Gasteiger partial charge on any atom is 0.237 e. The van der Waals surface area contributed by atoms with E-state index in [0.717, 1.165) is 17.0 Å². The number of fused-ring (bicyclic) bond motifs is 1. The summed E-state index contributed by atoms with van der Waals surface area (Å²) in [7, 11) is 0. The zero-order valence-corrected chi connectivity index (χ0v) is 14.2. The molecule has 2 rings (SSSR count). The summed E-state index contributed by atoms with van der Waals surface area (Å²) >= 11 is 1.67. The fourth-order valence-electron chi connectivity index (χ4n) is 2.36. The number of carbonyl (C=O) groups excluding carboxylic acids is 2. The molecule has 0 unspecified atom stereocenters. The lowest BCUT2D eigenvalue weighted by molar-refractivity contribution is -0.122. The Morgan fingerprint density at radius 3 is 2.91 bits per heavy atom. The molecule has 3 N–H and O–H groups in total. The van der Waals surface area contributed by atoms with Gasteiger partial charge in [-0.25, -0.2) is 0 Å². The summed E-state index contributed by atoms with van der Waals surface area (Å²) in [6, 6.07) is 7.28. The summed E-state index contributed by atoms with van der Waals surface area (Å²) in [5.41, 5.74) is 7.79. The second kappa shape index (κ2) is 9.02. The van der Waals surface area contributed by atoms with Gasteiger partial charge in [0.25, 0.3) is 0 Å². The average molecular weight is 344 g/mol. The molecule has 0 spiro atoms. The van der Waals surface area contributed by atoms with Crippen LogP contribution in [0.5, 0.6) is 0 Å². The summed E-state index contributed by atoms with van der Waals surface area (Å²) in [5, 5.41) is 2.80. The van der Waals surface area contributed by atoms with Crippen molar-refractivity contribution in [3.63, 3.8) is 0 Å². The average Bonchev–Trinajstić information content (AvgIpc) is 2.80. The number of carbonyl (C=O) groups is 2. The molecule has 0 bridgehead atoms. The first kappa shape index (κ1) is 18.8. The molecule has 0 aliphatic carbocycles. The van der Waals surface area contributed by atoms with Gasteiger partial charge in [-0.15, -0.1) is 12.4 Å². The zero-order chi connectivity index (χ0) is 15.2. The first-order chi connectivity index (χ1) is 10.1. The van der Waals surface area contributed by atoms with E-state index < -0.39 is 6.04 Å². The van der Waals surface area contributed by atoms with Crippen molar-refractivity contribution < 1.29 is 9.59 Å². The van der Waals surface area contributed by atoms with Gasteiger partial charge in [-0.3, -0.25) is 9.59 Å². The van der Waals surface area contributed by atoms with Crippen molar-refractivity contribution >= 4 is 41.7 Å². The van der Waals surface area contributed by atoms with Crippen LogP contribution in [-0.2, 0) is 16.0 Å². The number of para-hydroxylation sites is 1. The topological polar surface area (TPSA) is 75.4 Å². The molecule has 1 atom stereocenters. The number of amides is 2. The number of halogens is 1. The van der Waals surface area contributed by atoms with Gasteiger partial charge in [-0.1, -0.05) is 18.2 Å². The third kappa shape index (κ3) is 4.63. The Morgan fingerprint density at radius 2 is 2.18 bits per heavy atom. The molecule has 1 aromatic carbocycles. The largest absolute Gasteiger partial charge is 0.353 e. The fraction of sp³-hybridized carbons (Fsp3) is 0.467. The highest BCUT2D eigenvalue weighted by Gasteiger charge is 2.26. The van der Waals surface area contributed by atoms with E-state index in [1.165, 1.54) is 0 Å². The van der Waals surface area contributed by atoms with Crippen LogP contribution in [0.15, 0.2) is 24.3 Å². The molecule has 0 aromatic heterocycles. The number of thioether (sulfide) groups is 1. The quantitative estimate of drug-likeness (QED) is 0.780. The van der Waals surface area contributed by atoms with Gasteiger partial charge in [0.1, 0.15) is 0 Å². The van der Waals surface area contributed by atoms with Crippen molar-refractivity contribution in [3.05, 3.63) is 29.8 Å². The lowest BCUT2D eigenvalue weighted by Crippen LogP contribution is -2.44. The van der Waals surface area contributed by atoms with Gasteiger partial charge in [0, 0.05) is 18.8 Å². The van der Waals surface area contributed by atoms with Crippen molar-refractivity contribution in [1.82, 2.24) is 5.32 Å². The van der Waals surface area contributed by atoms with E-state index in [1.54, 1.807) is 16.7 Å². The van der Waals surface area contributed by atoms with E-state index in [4.69, 9.17) is 5.73 Å². The Bertz CT molecular complexity index is 527. The van der Waals surface area contributed by atoms with Gasteiger partial charge in [0.05, 0.1) is 12.5 Å². The van der Waals surface area contributed by atoms with Crippen LogP contribution in [0.2, 0.25) is 0 Å². The molecule has 1 aliphatic heterocycles. The lowest BCUT2D eigenvalue weighted by atomic mass is 10.2. The van der Waals surface area contributed by atoms with Crippen LogP contribution in [0.25, 0.3) is 0 Å². The third-order valence-electron chi connectivity index (χ3n) is 3.53. The molecule has 7 heteroatoms. The van der Waals surface area contributed by atoms with Crippen LogP contribution in [0.4, 0.5) is 5.69 Å². The second-order valence-electron chi connectivity index (χ2n) is 5.03. The summed E-state index contributed by atoms with van der Waals surface area (Å²) in [4.78, 5) is 25.5. The highest BCUT2D eigenvalue weighted by Crippen LogP contribution is 2.27. The minimum Gasteiger partial charge on any atom is -0.353 e. The molecule has 0 saturated heterocycles. The number of rotatable bonds is 7. The Balaban J connectivity index is 0.00000242. The molecular weight excluding hydrogens is 322 g/mol. The van der Waals surface area contributed by atoms with Crippen LogP contribution in [0.1, 0.15) is 12.0 Å². The minimum absolute atomic E-state index is 0. The van der Waals surface area contributed by atoms with Crippen molar-refractivity contribution in [2.24, 2.45) is 5.73 Å². The summed E-state index contributed by atoms with van der Waals surface area (Å²) < 4.78 is 0. The van der Waals surface area contributed by atoms with E-state index >= 15 is 0 Å². The maximum absolute atomic E-state index is 12.0. The van der Waals surface area contributed by atoms with E-state index in [-0.39, 0.29) is 24.2 Å². The van der Waals surface area contributed by atoms with Crippen molar-refractivity contribution in [2.45, 2.75) is 18.9 Å². The molecule has 1 aromatic rings. The number of nitrogens with one attached hydrogen (secondary N) is 1. The van der Waals surface area contributed by atoms with Crippen molar-refractivity contribution in [2.75, 3.05) is 30.0 Å². The first-order valence-corrected chi connectivity index (χ1v) is 8.43. The van der Waals surface area contributed by atoms with Gasteiger partial charge in [-0.2, -0.15) is 11.8 Å². The smallest absolute Gasteiger partial charge is 0.237 e. The Kier molecular flexibility index (Phi) is 7.72. The van der Waals surface area contributed by atoms with Gasteiger partial charge >= 0.3 is 0 Å². The molecule has 1 heterocycles. The number of hydrogen-bond acceptors (Lipinski definition) is 4. The Morgan fingerprint density at radius 1 is 1.45 bits per heavy atom. The molecule has 2 amide bonds. The lowest BCUT2D eigenvalue weighted by Gasteiger charge is -2.18. The zero-order valence-electron chi connectivity index (χ0n) is 12.6. The van der Waals surface area contributed by atoms with Gasteiger partial charge in [-0.05, 0) is 30.1 Å². The van der Waals surface area contributed by atoms with Crippen LogP contribution in [-0.4, -0.2) is 43.0 Å². The molecule has 0 fully saturated rings. The van der Waals surface area contributed by atoms with Gasteiger partial charge in [0.15, 0.2) is 0 Å². The predicted octanol–water partition coefficient (Wildman–Crippen LogP) is 1.19. The normalized spacial score (nSPS) is 14.3. The van der Waals surface area contributed by atoms with Crippen molar-refractivity contribution in [1.29, 1.82) is 0 Å². The molecule has 22 heavy (non-hydrogen) atoms. The van der Waals surface area contributed by atoms with Gasteiger partial charge < -0.3 is 16.0 Å². The first-order valence-electron chi connectivity index (χ1n) is 7.04. The minimum atomic E-state index is -0.473. The number of anilines is 1. The van der Waals surface area contributed by atoms with E-state index in [1.807, 2.05) is 30.5 Å². The van der Waals surface area contributed by atoms with E-state index in [0.29, 0.717) is 25.9 Å². The SMILES string of the molecule is CSCC[C@H](N)C(=O)NCCN1C(=O)Cc2ccccc21.Cl. The summed E-state index contributed by atoms with van der Waals surface area (Å²) in [6.45, 7) is 0.905. The molecule has 122 valence electrons. The number of benzene rings is 1. The summed E-state index contributed by atoms with van der Waals surface area (Å²) in [6.07, 6.45) is 3.09. The fourth-order valence-corrected chi connectivity index (χ4v) is 2.85. The van der Waals surface area contributed by atoms with Crippen LogP contribution in [0, 0.1) is 0 Å². The molecule has 5 nitrogen and oxygen atoms in total. The molecule has 0 radical (unpaired) electrons. The number of hydrogen-bond donors (Lipinski definition) is 2. The highest BCUT2D eigenvalue weighted by atomic mass is 35.5.